The Morgan fingerprint density at radius 3 is 2.27 bits per heavy atom. The topological polar surface area (TPSA) is 81.2 Å². The van der Waals surface area contributed by atoms with Crippen LogP contribution in [0.5, 0.6) is 0 Å². The first-order valence-electron chi connectivity index (χ1n) is 11.6. The molecule has 0 aromatic heterocycles. The van der Waals surface area contributed by atoms with Gasteiger partial charge in [0.25, 0.3) is 10.0 Å². The van der Waals surface area contributed by atoms with Gasteiger partial charge >= 0.3 is 0 Å². The van der Waals surface area contributed by atoms with Gasteiger partial charge in [0.2, 0.25) is 11.8 Å². The molecule has 2 unspecified atom stereocenters. The second-order valence-electron chi connectivity index (χ2n) is 9.47. The Balaban J connectivity index is 1.89. The highest BCUT2D eigenvalue weighted by Gasteiger charge is 2.50. The third kappa shape index (κ3) is 5.07. The zero-order valence-corrected chi connectivity index (χ0v) is 23.1. The van der Waals surface area contributed by atoms with Crippen molar-refractivity contribution in [2.75, 3.05) is 20.6 Å². The van der Waals surface area contributed by atoms with E-state index in [0.717, 1.165) is 4.31 Å². The number of likely N-dealkylation sites (N-methyl/N-ethyl adjacent to an activating group) is 1. The number of benzene rings is 2. The lowest BCUT2D eigenvalue weighted by Crippen LogP contribution is -2.67. The molecule has 2 aliphatic heterocycles. The molecule has 0 aliphatic carbocycles. The van der Waals surface area contributed by atoms with E-state index in [-0.39, 0.29) is 45.7 Å². The van der Waals surface area contributed by atoms with Crippen molar-refractivity contribution in [2.45, 2.75) is 43.3 Å². The van der Waals surface area contributed by atoms with Crippen molar-refractivity contribution >= 4 is 45.0 Å². The van der Waals surface area contributed by atoms with Crippen LogP contribution in [0, 0.1) is 5.82 Å². The third-order valence-electron chi connectivity index (χ3n) is 6.45. The molecule has 8 nitrogen and oxygen atoms in total. The number of rotatable bonds is 6. The van der Waals surface area contributed by atoms with Crippen LogP contribution in [-0.2, 0) is 26.0 Å². The van der Waals surface area contributed by atoms with Gasteiger partial charge in [-0.05, 0) is 63.8 Å². The molecule has 4 rings (SSSR count). The number of halogens is 3. The summed E-state index contributed by atoms with van der Waals surface area (Å²) in [4.78, 5) is 31.5. The number of carbonyl (C=O) groups is 2. The summed E-state index contributed by atoms with van der Waals surface area (Å²) in [6, 6.07) is 7.49. The standard InChI is InChI=1S/C25H27Cl2FN4O4S/c1-15(2)30-14-23-31(37(35,36)22-10-7-17(26)12-19(22)27)13-21(29(3)4)25(34)32(23)20(24(30)33)11-16-5-8-18(28)9-6-16/h5-10,12,14-15,20-21H,11,13H2,1-4H3. The molecule has 0 bridgehead atoms. The second kappa shape index (κ2) is 10.2. The molecule has 12 heteroatoms. The van der Waals surface area contributed by atoms with E-state index in [0.29, 0.717) is 5.56 Å². The van der Waals surface area contributed by atoms with Gasteiger partial charge in [0.15, 0.2) is 0 Å². The number of hydrogen-bond donors (Lipinski definition) is 0. The van der Waals surface area contributed by atoms with Gasteiger partial charge in [0.1, 0.15) is 28.6 Å². The minimum absolute atomic E-state index is 0.0505. The average Bonchev–Trinajstić information content (AvgIpc) is 2.81. The Morgan fingerprint density at radius 2 is 1.70 bits per heavy atom. The van der Waals surface area contributed by atoms with Crippen molar-refractivity contribution in [2.24, 2.45) is 0 Å². The largest absolute Gasteiger partial charge is 0.311 e. The summed E-state index contributed by atoms with van der Waals surface area (Å²) in [5.41, 5.74) is 0.625. The number of nitrogens with zero attached hydrogens (tertiary/aromatic N) is 4. The SMILES string of the molecule is CC(C)N1C=C2N(C(=O)C(N(C)C)CN2S(=O)(=O)c2ccc(Cl)cc2Cl)C(Cc2ccc(F)cc2)C1=O. The van der Waals surface area contributed by atoms with E-state index in [4.69, 9.17) is 23.2 Å². The average molecular weight is 569 g/mol. The first kappa shape index (κ1) is 27.4. The maximum Gasteiger partial charge on any atom is 0.267 e. The minimum atomic E-state index is -4.27. The van der Waals surface area contributed by atoms with Gasteiger partial charge < -0.3 is 4.90 Å². The fourth-order valence-electron chi connectivity index (χ4n) is 4.47. The number of amides is 2. The molecule has 2 aromatic carbocycles. The molecule has 2 heterocycles. The van der Waals surface area contributed by atoms with Crippen LogP contribution in [-0.4, -0.2) is 78.0 Å². The van der Waals surface area contributed by atoms with Crippen LogP contribution in [0.1, 0.15) is 19.4 Å². The van der Waals surface area contributed by atoms with Gasteiger partial charge in [-0.15, -0.1) is 0 Å². The lowest BCUT2D eigenvalue weighted by Gasteiger charge is -2.49. The van der Waals surface area contributed by atoms with Gasteiger partial charge in [-0.3, -0.25) is 19.4 Å². The van der Waals surface area contributed by atoms with Crippen LogP contribution in [0.4, 0.5) is 4.39 Å². The second-order valence-corrected chi connectivity index (χ2v) is 12.1. The summed E-state index contributed by atoms with van der Waals surface area (Å²) >= 11 is 12.3. The van der Waals surface area contributed by atoms with Crippen molar-refractivity contribution in [3.8, 4) is 0 Å². The summed E-state index contributed by atoms with van der Waals surface area (Å²) in [5.74, 6) is -1.15. The van der Waals surface area contributed by atoms with E-state index in [9.17, 15) is 22.4 Å². The zero-order chi connectivity index (χ0) is 27.2. The number of hydrogen-bond acceptors (Lipinski definition) is 5. The summed E-state index contributed by atoms with van der Waals surface area (Å²) in [6.45, 7) is 3.41. The molecule has 2 aromatic rings. The van der Waals surface area contributed by atoms with E-state index >= 15 is 0 Å². The van der Waals surface area contributed by atoms with Gasteiger partial charge in [0, 0.05) is 23.7 Å². The third-order valence-corrected chi connectivity index (χ3v) is 8.94. The normalized spacial score (nSPS) is 20.6. The molecule has 198 valence electrons. The zero-order valence-electron chi connectivity index (χ0n) is 20.7. The molecule has 0 N–H and O–H groups in total. The first-order valence-corrected chi connectivity index (χ1v) is 13.8. The van der Waals surface area contributed by atoms with Crippen LogP contribution in [0.2, 0.25) is 10.0 Å². The van der Waals surface area contributed by atoms with Crippen molar-refractivity contribution in [1.82, 2.24) is 19.0 Å². The lowest BCUT2D eigenvalue weighted by atomic mass is 9.98. The van der Waals surface area contributed by atoms with Crippen molar-refractivity contribution < 1.29 is 22.4 Å². The number of carbonyl (C=O) groups excluding carboxylic acids is 2. The van der Waals surface area contributed by atoms with Crippen LogP contribution in [0.15, 0.2) is 59.4 Å². The quantitative estimate of drug-likeness (QED) is 0.532. The van der Waals surface area contributed by atoms with Gasteiger partial charge in [0.05, 0.1) is 11.6 Å². The number of sulfonamides is 1. The van der Waals surface area contributed by atoms with Gasteiger partial charge in [-0.1, -0.05) is 35.3 Å². The molecule has 2 amide bonds. The van der Waals surface area contributed by atoms with Crippen molar-refractivity contribution in [3.05, 3.63) is 75.9 Å². The lowest BCUT2D eigenvalue weighted by molar-refractivity contribution is -0.152. The molecule has 0 spiro atoms. The monoisotopic (exact) mass is 568 g/mol. The fourth-order valence-corrected chi connectivity index (χ4v) is 6.67. The van der Waals surface area contributed by atoms with Crippen LogP contribution < -0.4 is 0 Å². The molecule has 2 atom stereocenters. The Bertz CT molecular complexity index is 1370. The number of fused-ring (bicyclic) bond motifs is 1. The van der Waals surface area contributed by atoms with E-state index < -0.39 is 33.8 Å². The van der Waals surface area contributed by atoms with E-state index in [1.165, 1.54) is 46.3 Å². The maximum absolute atomic E-state index is 14.0. The van der Waals surface area contributed by atoms with E-state index in [1.54, 1.807) is 45.0 Å². The smallest absolute Gasteiger partial charge is 0.267 e. The molecule has 37 heavy (non-hydrogen) atoms. The summed E-state index contributed by atoms with van der Waals surface area (Å²) in [5, 5.41) is 0.215. The summed E-state index contributed by atoms with van der Waals surface area (Å²) in [7, 11) is -0.941. The molecule has 1 saturated heterocycles. The first-order chi connectivity index (χ1) is 17.3. The minimum Gasteiger partial charge on any atom is -0.311 e. The Kier molecular flexibility index (Phi) is 7.58. The van der Waals surface area contributed by atoms with Gasteiger partial charge in [-0.25, -0.2) is 17.1 Å². The van der Waals surface area contributed by atoms with Crippen molar-refractivity contribution in [3.63, 3.8) is 0 Å². The highest BCUT2D eigenvalue weighted by molar-refractivity contribution is 7.89. The molecule has 1 fully saturated rings. The molecular weight excluding hydrogens is 542 g/mol. The Morgan fingerprint density at radius 1 is 1.05 bits per heavy atom. The van der Waals surface area contributed by atoms with Crippen molar-refractivity contribution in [1.29, 1.82) is 0 Å². The fraction of sp³-hybridized carbons (Fsp3) is 0.360. The van der Waals surface area contributed by atoms with E-state index in [2.05, 4.69) is 0 Å². The predicted molar refractivity (Wildman–Crippen MR) is 139 cm³/mol. The summed E-state index contributed by atoms with van der Waals surface area (Å²) < 4.78 is 42.6. The maximum atomic E-state index is 14.0. The predicted octanol–water partition coefficient (Wildman–Crippen LogP) is 3.56. The van der Waals surface area contributed by atoms with Crippen LogP contribution in [0.25, 0.3) is 0 Å². The highest BCUT2D eigenvalue weighted by atomic mass is 35.5. The van der Waals surface area contributed by atoms with Crippen LogP contribution in [0.3, 0.4) is 0 Å². The highest BCUT2D eigenvalue weighted by Crippen LogP contribution is 2.37. The Labute approximate surface area is 225 Å². The summed E-state index contributed by atoms with van der Waals surface area (Å²) in [6.07, 6.45) is 1.47. The molecular formula is C25H27Cl2FN4O4S. The molecule has 2 aliphatic rings. The molecule has 0 radical (unpaired) electrons. The van der Waals surface area contributed by atoms with Crippen LogP contribution >= 0.6 is 23.2 Å². The molecule has 0 saturated carbocycles. The van der Waals surface area contributed by atoms with Gasteiger partial charge in [-0.2, -0.15) is 0 Å². The van der Waals surface area contributed by atoms with E-state index in [1.807, 2.05) is 0 Å². The Hall–Kier alpha value is -2.66.